The Bertz CT molecular complexity index is 983. The van der Waals surface area contributed by atoms with Crippen molar-refractivity contribution in [3.05, 3.63) is 42.1 Å². The predicted molar refractivity (Wildman–Crippen MR) is 90.4 cm³/mol. The van der Waals surface area contributed by atoms with E-state index in [4.69, 9.17) is 10.5 Å². The standard InChI is InChI=1S/C17H16F3N5O2/c1-3-10(15(21)26)12-7-23-14(8-22-12)25-13-5-4-9(27-2)6-11(13)24-16(25)17(18,19)20/h4-8,10H,3H2,1-2H3,(H2,21,26). The number of halogens is 3. The van der Waals surface area contributed by atoms with E-state index >= 15 is 0 Å². The number of fused-ring (bicyclic) bond motifs is 1. The molecule has 0 saturated heterocycles. The molecule has 1 unspecified atom stereocenters. The van der Waals surface area contributed by atoms with E-state index in [1.54, 1.807) is 6.92 Å². The molecule has 1 atom stereocenters. The van der Waals surface area contributed by atoms with Gasteiger partial charge in [0.1, 0.15) is 5.75 Å². The summed E-state index contributed by atoms with van der Waals surface area (Å²) in [5.41, 5.74) is 5.92. The van der Waals surface area contributed by atoms with Gasteiger partial charge >= 0.3 is 6.18 Å². The maximum Gasteiger partial charge on any atom is 0.450 e. The Morgan fingerprint density at radius 1 is 1.30 bits per heavy atom. The molecule has 0 aliphatic heterocycles. The minimum atomic E-state index is -4.70. The van der Waals surface area contributed by atoms with Crippen molar-refractivity contribution in [3.63, 3.8) is 0 Å². The molecule has 0 bridgehead atoms. The van der Waals surface area contributed by atoms with E-state index in [2.05, 4.69) is 15.0 Å². The summed E-state index contributed by atoms with van der Waals surface area (Å²) in [6, 6.07) is 4.40. The Morgan fingerprint density at radius 3 is 2.56 bits per heavy atom. The van der Waals surface area contributed by atoms with E-state index in [1.807, 2.05) is 0 Å². The molecule has 1 aromatic carbocycles. The Kier molecular flexibility index (Phi) is 4.73. The Balaban J connectivity index is 2.16. The van der Waals surface area contributed by atoms with Crippen molar-refractivity contribution >= 4 is 16.9 Å². The molecule has 2 N–H and O–H groups in total. The fraction of sp³-hybridized carbons (Fsp3) is 0.294. The SMILES string of the molecule is CCC(C(N)=O)c1cnc(-n2c(C(F)(F)F)nc3cc(OC)ccc32)cn1. The van der Waals surface area contributed by atoms with E-state index in [0.29, 0.717) is 17.9 Å². The monoisotopic (exact) mass is 379 g/mol. The predicted octanol–water partition coefficient (Wildman–Crippen LogP) is 2.82. The van der Waals surface area contributed by atoms with Crippen LogP contribution in [0.25, 0.3) is 16.9 Å². The van der Waals surface area contributed by atoms with Crippen LogP contribution in [0.2, 0.25) is 0 Å². The van der Waals surface area contributed by atoms with Crippen LogP contribution < -0.4 is 10.5 Å². The number of methoxy groups -OCH3 is 1. The smallest absolute Gasteiger partial charge is 0.450 e. The van der Waals surface area contributed by atoms with Crippen molar-refractivity contribution < 1.29 is 22.7 Å². The molecule has 142 valence electrons. The highest BCUT2D eigenvalue weighted by Crippen LogP contribution is 2.34. The number of nitrogens with two attached hydrogens (primary N) is 1. The van der Waals surface area contributed by atoms with Crippen LogP contribution in [0.5, 0.6) is 5.75 Å². The summed E-state index contributed by atoms with van der Waals surface area (Å²) in [4.78, 5) is 23.3. The molecule has 0 fully saturated rings. The van der Waals surface area contributed by atoms with Gasteiger partial charge in [-0.05, 0) is 18.6 Å². The lowest BCUT2D eigenvalue weighted by Gasteiger charge is -2.13. The van der Waals surface area contributed by atoms with Crippen molar-refractivity contribution in [1.29, 1.82) is 0 Å². The van der Waals surface area contributed by atoms with E-state index in [1.165, 1.54) is 37.7 Å². The molecular weight excluding hydrogens is 363 g/mol. The van der Waals surface area contributed by atoms with Crippen molar-refractivity contribution in [3.8, 4) is 11.6 Å². The molecule has 0 saturated carbocycles. The Hall–Kier alpha value is -3.17. The maximum atomic E-state index is 13.5. The average Bonchev–Trinajstić information content (AvgIpc) is 3.01. The molecule has 7 nitrogen and oxygen atoms in total. The van der Waals surface area contributed by atoms with Gasteiger partial charge in [0.15, 0.2) is 5.82 Å². The minimum absolute atomic E-state index is 0.0712. The minimum Gasteiger partial charge on any atom is -0.497 e. The first kappa shape index (κ1) is 18.6. The van der Waals surface area contributed by atoms with Crippen LogP contribution in [-0.2, 0) is 11.0 Å². The highest BCUT2D eigenvalue weighted by atomic mass is 19.4. The summed E-state index contributed by atoms with van der Waals surface area (Å²) >= 11 is 0. The third-order valence-electron chi connectivity index (χ3n) is 4.11. The van der Waals surface area contributed by atoms with Gasteiger partial charge in [-0.2, -0.15) is 13.2 Å². The summed E-state index contributed by atoms with van der Waals surface area (Å²) in [5.74, 6) is -2.05. The van der Waals surface area contributed by atoms with Crippen LogP contribution in [0.15, 0.2) is 30.6 Å². The molecular formula is C17H16F3N5O2. The first-order valence-corrected chi connectivity index (χ1v) is 8.01. The van der Waals surface area contributed by atoms with E-state index in [-0.39, 0.29) is 16.9 Å². The first-order chi connectivity index (χ1) is 12.8. The average molecular weight is 379 g/mol. The number of carbonyl (C=O) groups excluding carboxylic acids is 1. The molecule has 3 aromatic rings. The summed E-state index contributed by atoms with van der Waals surface area (Å²) in [6.45, 7) is 1.75. The number of ether oxygens (including phenoxy) is 1. The second-order valence-electron chi connectivity index (χ2n) is 5.79. The van der Waals surface area contributed by atoms with Crippen LogP contribution in [-0.4, -0.2) is 32.5 Å². The third kappa shape index (κ3) is 3.42. The lowest BCUT2D eigenvalue weighted by molar-refractivity contribution is -0.145. The molecule has 1 amide bonds. The van der Waals surface area contributed by atoms with Crippen molar-refractivity contribution in [1.82, 2.24) is 19.5 Å². The first-order valence-electron chi connectivity index (χ1n) is 8.01. The summed E-state index contributed by atoms with van der Waals surface area (Å²) in [7, 11) is 1.41. The maximum absolute atomic E-state index is 13.5. The Morgan fingerprint density at radius 2 is 2.04 bits per heavy atom. The normalized spacial score (nSPS) is 12.9. The number of alkyl halides is 3. The molecule has 2 heterocycles. The molecule has 2 aromatic heterocycles. The van der Waals surface area contributed by atoms with Gasteiger partial charge in [0.2, 0.25) is 11.7 Å². The van der Waals surface area contributed by atoms with Crippen molar-refractivity contribution in [2.45, 2.75) is 25.4 Å². The Labute approximate surface area is 152 Å². The third-order valence-corrected chi connectivity index (χ3v) is 4.11. The number of aromatic nitrogens is 4. The zero-order chi connectivity index (χ0) is 19.8. The molecule has 3 rings (SSSR count). The lowest BCUT2D eigenvalue weighted by atomic mass is 10.0. The zero-order valence-corrected chi connectivity index (χ0v) is 14.5. The molecule has 27 heavy (non-hydrogen) atoms. The van der Waals surface area contributed by atoms with Crippen LogP contribution in [0.4, 0.5) is 13.2 Å². The van der Waals surface area contributed by atoms with Gasteiger partial charge in [0, 0.05) is 6.07 Å². The number of carbonyl (C=O) groups is 1. The summed E-state index contributed by atoms with van der Waals surface area (Å²) < 4.78 is 46.4. The van der Waals surface area contributed by atoms with Crippen LogP contribution in [0, 0.1) is 0 Å². The largest absolute Gasteiger partial charge is 0.497 e. The van der Waals surface area contributed by atoms with Crippen molar-refractivity contribution in [2.24, 2.45) is 5.73 Å². The number of amides is 1. The number of nitrogens with zero attached hydrogens (tertiary/aromatic N) is 4. The number of imidazole rings is 1. The number of rotatable bonds is 5. The van der Waals surface area contributed by atoms with Crippen LogP contribution in [0.1, 0.15) is 30.8 Å². The quantitative estimate of drug-likeness (QED) is 0.735. The topological polar surface area (TPSA) is 95.9 Å². The molecule has 0 radical (unpaired) electrons. The van der Waals surface area contributed by atoms with Gasteiger partial charge in [-0.25, -0.2) is 9.97 Å². The van der Waals surface area contributed by atoms with Crippen molar-refractivity contribution in [2.75, 3.05) is 7.11 Å². The van der Waals surface area contributed by atoms with Gasteiger partial charge in [-0.15, -0.1) is 0 Å². The van der Waals surface area contributed by atoms with Crippen LogP contribution >= 0.6 is 0 Å². The van der Waals surface area contributed by atoms with Gasteiger partial charge in [0.25, 0.3) is 0 Å². The number of benzene rings is 1. The second-order valence-corrected chi connectivity index (χ2v) is 5.79. The van der Waals surface area contributed by atoms with Gasteiger partial charge in [-0.3, -0.25) is 14.3 Å². The molecule has 0 spiro atoms. The highest BCUT2D eigenvalue weighted by Gasteiger charge is 2.38. The van der Waals surface area contributed by atoms with E-state index in [9.17, 15) is 18.0 Å². The van der Waals surface area contributed by atoms with Crippen LogP contribution in [0.3, 0.4) is 0 Å². The summed E-state index contributed by atoms with van der Waals surface area (Å²) in [5, 5.41) is 0. The van der Waals surface area contributed by atoms with Gasteiger partial charge < -0.3 is 10.5 Å². The molecule has 0 aliphatic carbocycles. The second kappa shape index (κ2) is 6.86. The number of hydrogen-bond acceptors (Lipinski definition) is 5. The zero-order valence-electron chi connectivity index (χ0n) is 14.5. The summed E-state index contributed by atoms with van der Waals surface area (Å²) in [6.07, 6.45) is -1.87. The van der Waals surface area contributed by atoms with E-state index < -0.39 is 23.8 Å². The fourth-order valence-corrected chi connectivity index (χ4v) is 2.79. The van der Waals surface area contributed by atoms with Gasteiger partial charge in [-0.1, -0.05) is 6.92 Å². The fourth-order valence-electron chi connectivity index (χ4n) is 2.79. The molecule has 0 aliphatic rings. The molecule has 10 heteroatoms. The van der Waals surface area contributed by atoms with Gasteiger partial charge in [0.05, 0.1) is 42.1 Å². The number of primary amides is 1. The van der Waals surface area contributed by atoms with E-state index in [0.717, 1.165) is 4.57 Å². The lowest BCUT2D eigenvalue weighted by Crippen LogP contribution is -2.22. The highest BCUT2D eigenvalue weighted by molar-refractivity contribution is 5.81. The number of hydrogen-bond donors (Lipinski definition) is 1.